The largest absolute Gasteiger partial charge is 0.451 e. The van der Waals surface area contributed by atoms with Gasteiger partial charge in [0, 0.05) is 11.6 Å². The Morgan fingerprint density at radius 2 is 1.75 bits per heavy atom. The standard InChI is InChI=1S/C16H11ClFNO5/c1-9(15(20)10-2-5-12(18)6-3-10)24-16(21)11-4-7-13(17)14(8-11)19(22)23/h2-9H,1H3/t9-/m0/s1. The molecular weight excluding hydrogens is 341 g/mol. The molecule has 6 nitrogen and oxygen atoms in total. The molecule has 0 N–H and O–H groups in total. The average Bonchev–Trinajstić information content (AvgIpc) is 2.54. The first kappa shape index (κ1) is 17.6. The number of carbonyl (C=O) groups is 2. The van der Waals surface area contributed by atoms with Gasteiger partial charge in [0.05, 0.1) is 10.5 Å². The number of ketones is 1. The molecule has 0 fully saturated rings. The third-order valence-electron chi connectivity index (χ3n) is 3.16. The van der Waals surface area contributed by atoms with Crippen LogP contribution in [0.15, 0.2) is 42.5 Å². The zero-order valence-corrected chi connectivity index (χ0v) is 13.1. The van der Waals surface area contributed by atoms with Crippen molar-refractivity contribution in [2.45, 2.75) is 13.0 Å². The van der Waals surface area contributed by atoms with Crippen molar-refractivity contribution >= 4 is 29.0 Å². The van der Waals surface area contributed by atoms with Gasteiger partial charge in [0.25, 0.3) is 5.69 Å². The molecule has 8 heteroatoms. The predicted octanol–water partition coefficient (Wildman–Crippen LogP) is 3.82. The topological polar surface area (TPSA) is 86.5 Å². The van der Waals surface area contributed by atoms with Crippen LogP contribution in [0.25, 0.3) is 0 Å². The number of halogens is 2. The third-order valence-corrected chi connectivity index (χ3v) is 3.48. The predicted molar refractivity (Wildman–Crippen MR) is 83.7 cm³/mol. The van der Waals surface area contributed by atoms with E-state index >= 15 is 0 Å². The second kappa shape index (κ2) is 7.18. The zero-order valence-electron chi connectivity index (χ0n) is 12.4. The van der Waals surface area contributed by atoms with E-state index in [1.54, 1.807) is 0 Å². The Hall–Kier alpha value is -2.80. The maximum atomic E-state index is 12.9. The fourth-order valence-electron chi connectivity index (χ4n) is 1.91. The summed E-state index contributed by atoms with van der Waals surface area (Å²) in [7, 11) is 0. The lowest BCUT2D eigenvalue weighted by atomic mass is 10.1. The number of Topliss-reactive ketones (excluding diaryl/α,β-unsaturated/α-hetero) is 1. The second-order valence-corrected chi connectivity index (χ2v) is 5.25. The van der Waals surface area contributed by atoms with Gasteiger partial charge in [-0.3, -0.25) is 14.9 Å². The number of nitrogens with zero attached hydrogens (tertiary/aromatic N) is 1. The monoisotopic (exact) mass is 351 g/mol. The second-order valence-electron chi connectivity index (χ2n) is 4.84. The molecule has 1 atom stereocenters. The maximum absolute atomic E-state index is 12.9. The molecule has 0 spiro atoms. The Morgan fingerprint density at radius 3 is 2.33 bits per heavy atom. The van der Waals surface area contributed by atoms with Crippen molar-refractivity contribution in [2.24, 2.45) is 0 Å². The Bertz CT molecular complexity index is 807. The molecule has 2 aromatic rings. The smallest absolute Gasteiger partial charge is 0.339 e. The van der Waals surface area contributed by atoms with Crippen LogP contribution in [-0.4, -0.2) is 22.8 Å². The number of rotatable bonds is 5. The van der Waals surface area contributed by atoms with Gasteiger partial charge in [0.1, 0.15) is 10.8 Å². The summed E-state index contributed by atoms with van der Waals surface area (Å²) in [6, 6.07) is 8.20. The molecule has 0 saturated heterocycles. The summed E-state index contributed by atoms with van der Waals surface area (Å²) in [4.78, 5) is 34.2. The van der Waals surface area contributed by atoms with Crippen LogP contribution >= 0.6 is 11.6 Å². The van der Waals surface area contributed by atoms with Crippen LogP contribution in [0.5, 0.6) is 0 Å². The fourth-order valence-corrected chi connectivity index (χ4v) is 2.10. The van der Waals surface area contributed by atoms with E-state index in [2.05, 4.69) is 0 Å². The highest BCUT2D eigenvalue weighted by atomic mass is 35.5. The minimum atomic E-state index is -1.14. The summed E-state index contributed by atoms with van der Waals surface area (Å²) in [5.41, 5.74) is -0.368. The number of hydrogen-bond donors (Lipinski definition) is 0. The number of benzene rings is 2. The molecule has 0 bridgehead atoms. The van der Waals surface area contributed by atoms with Gasteiger partial charge in [0.15, 0.2) is 6.10 Å². The fraction of sp³-hybridized carbons (Fsp3) is 0.125. The maximum Gasteiger partial charge on any atom is 0.339 e. The first-order valence-corrected chi connectivity index (χ1v) is 7.12. The van der Waals surface area contributed by atoms with Gasteiger partial charge in [-0.15, -0.1) is 0 Å². The van der Waals surface area contributed by atoms with Crippen molar-refractivity contribution in [2.75, 3.05) is 0 Å². The Balaban J connectivity index is 2.14. The van der Waals surface area contributed by atoms with Gasteiger partial charge >= 0.3 is 5.97 Å². The molecule has 24 heavy (non-hydrogen) atoms. The Kier molecular flexibility index (Phi) is 5.25. The normalized spacial score (nSPS) is 11.6. The van der Waals surface area contributed by atoms with Gasteiger partial charge in [-0.05, 0) is 43.3 Å². The minimum absolute atomic E-state index is 0.107. The Morgan fingerprint density at radius 1 is 1.17 bits per heavy atom. The van der Waals surface area contributed by atoms with E-state index in [0.29, 0.717) is 0 Å². The highest BCUT2D eigenvalue weighted by Gasteiger charge is 2.22. The lowest BCUT2D eigenvalue weighted by molar-refractivity contribution is -0.384. The molecule has 0 aliphatic rings. The van der Waals surface area contributed by atoms with Crippen molar-refractivity contribution in [3.63, 3.8) is 0 Å². The summed E-state index contributed by atoms with van der Waals surface area (Å²) >= 11 is 5.67. The number of ether oxygens (including phenoxy) is 1. The van der Waals surface area contributed by atoms with Crippen LogP contribution < -0.4 is 0 Å². The van der Waals surface area contributed by atoms with Gasteiger partial charge in [-0.1, -0.05) is 11.6 Å². The van der Waals surface area contributed by atoms with E-state index in [1.807, 2.05) is 0 Å². The average molecular weight is 352 g/mol. The molecule has 0 aliphatic heterocycles. The van der Waals surface area contributed by atoms with E-state index in [0.717, 1.165) is 18.2 Å². The lowest BCUT2D eigenvalue weighted by Gasteiger charge is -2.12. The van der Waals surface area contributed by atoms with Gasteiger partial charge < -0.3 is 4.74 Å². The molecule has 0 aromatic heterocycles. The van der Waals surface area contributed by atoms with Crippen LogP contribution in [0.3, 0.4) is 0 Å². The summed E-state index contributed by atoms with van der Waals surface area (Å²) < 4.78 is 17.9. The third kappa shape index (κ3) is 3.94. The van der Waals surface area contributed by atoms with E-state index in [4.69, 9.17) is 16.3 Å². The summed E-state index contributed by atoms with van der Waals surface area (Å²) in [5, 5.41) is 10.7. The van der Waals surface area contributed by atoms with Gasteiger partial charge in [-0.2, -0.15) is 0 Å². The minimum Gasteiger partial charge on any atom is -0.451 e. The molecule has 0 aliphatic carbocycles. The highest BCUT2D eigenvalue weighted by molar-refractivity contribution is 6.32. The van der Waals surface area contributed by atoms with Gasteiger partial charge in [0.2, 0.25) is 5.78 Å². The summed E-state index contributed by atoms with van der Waals surface area (Å²) in [6.45, 7) is 1.36. The van der Waals surface area contributed by atoms with Crippen molar-refractivity contribution in [3.05, 3.63) is 74.5 Å². The molecule has 0 unspecified atom stereocenters. The van der Waals surface area contributed by atoms with Crippen LogP contribution in [-0.2, 0) is 4.74 Å². The Labute approximate surface area is 141 Å². The zero-order chi connectivity index (χ0) is 17.9. The quantitative estimate of drug-likeness (QED) is 0.354. The molecule has 124 valence electrons. The molecular formula is C16H11ClFNO5. The number of esters is 1. The van der Waals surface area contributed by atoms with E-state index in [-0.39, 0.29) is 16.1 Å². The molecule has 0 saturated carbocycles. The van der Waals surface area contributed by atoms with Crippen molar-refractivity contribution in [3.8, 4) is 0 Å². The number of hydrogen-bond acceptors (Lipinski definition) is 5. The van der Waals surface area contributed by atoms with E-state index in [9.17, 15) is 24.1 Å². The van der Waals surface area contributed by atoms with Crippen LogP contribution in [0.4, 0.5) is 10.1 Å². The van der Waals surface area contributed by atoms with Crippen LogP contribution in [0.2, 0.25) is 5.02 Å². The molecule has 0 amide bonds. The highest BCUT2D eigenvalue weighted by Crippen LogP contribution is 2.25. The lowest BCUT2D eigenvalue weighted by Crippen LogP contribution is -2.24. The number of nitro groups is 1. The van der Waals surface area contributed by atoms with Crippen molar-refractivity contribution in [1.82, 2.24) is 0 Å². The van der Waals surface area contributed by atoms with Crippen molar-refractivity contribution in [1.29, 1.82) is 0 Å². The summed E-state index contributed by atoms with van der Waals surface area (Å²) in [6.07, 6.45) is -1.14. The van der Waals surface area contributed by atoms with Crippen LogP contribution in [0, 0.1) is 15.9 Å². The number of nitro benzene ring substituents is 1. The van der Waals surface area contributed by atoms with Gasteiger partial charge in [-0.25, -0.2) is 9.18 Å². The number of carbonyl (C=O) groups excluding carboxylic acids is 2. The SMILES string of the molecule is C[C@H](OC(=O)c1ccc(Cl)c([N+](=O)[O-])c1)C(=O)c1ccc(F)cc1. The first-order chi connectivity index (χ1) is 11.3. The molecule has 0 radical (unpaired) electrons. The van der Waals surface area contributed by atoms with E-state index in [1.165, 1.54) is 31.2 Å². The molecule has 0 heterocycles. The molecule has 2 rings (SSSR count). The summed E-state index contributed by atoms with van der Waals surface area (Å²) in [5.74, 6) is -1.92. The van der Waals surface area contributed by atoms with E-state index < -0.39 is 34.3 Å². The molecule has 2 aromatic carbocycles. The van der Waals surface area contributed by atoms with Crippen LogP contribution in [0.1, 0.15) is 27.6 Å². The first-order valence-electron chi connectivity index (χ1n) is 6.74. The van der Waals surface area contributed by atoms with Crippen molar-refractivity contribution < 1.29 is 23.6 Å².